The first-order valence-corrected chi connectivity index (χ1v) is 8.22. The van der Waals surface area contributed by atoms with Gasteiger partial charge in [0.2, 0.25) is 0 Å². The van der Waals surface area contributed by atoms with Crippen LogP contribution in [0.1, 0.15) is 11.1 Å². The smallest absolute Gasteiger partial charge is 0.416 e. The fraction of sp³-hybridized carbons (Fsp3) is 0.316. The third-order valence-electron chi connectivity index (χ3n) is 3.89. The van der Waals surface area contributed by atoms with Gasteiger partial charge in [-0.3, -0.25) is 4.79 Å². The zero-order valence-corrected chi connectivity index (χ0v) is 15.3. The molecule has 0 fully saturated rings. The van der Waals surface area contributed by atoms with Crippen LogP contribution >= 0.6 is 0 Å². The Hall–Kier alpha value is -2.74. The highest BCUT2D eigenvalue weighted by Gasteiger charge is 2.30. The molecule has 1 unspecified atom stereocenters. The van der Waals surface area contributed by atoms with E-state index in [9.17, 15) is 18.0 Å². The number of quaternary nitrogens is 1. The van der Waals surface area contributed by atoms with Gasteiger partial charge < -0.3 is 19.7 Å². The standard InChI is InChI=1S/C19H21F3N2O3/c1-24(11-13-7-8-16(26-2)17(9-13)27-3)12-18(25)23-15-6-4-5-14(10-15)19(20,21)22/h4-10H,11-12H2,1-3H3,(H,23,25)/p+1. The van der Waals surface area contributed by atoms with Crippen LogP contribution in [0.15, 0.2) is 42.5 Å². The van der Waals surface area contributed by atoms with E-state index in [-0.39, 0.29) is 18.1 Å². The molecule has 0 saturated carbocycles. The lowest BCUT2D eigenvalue weighted by atomic mass is 10.2. The first kappa shape index (κ1) is 20.6. The monoisotopic (exact) mass is 383 g/mol. The number of hydrogen-bond donors (Lipinski definition) is 2. The van der Waals surface area contributed by atoms with Crippen molar-refractivity contribution in [1.29, 1.82) is 0 Å². The molecular formula is C19H22F3N2O3+. The number of likely N-dealkylation sites (N-methyl/N-ethyl adjacent to an activating group) is 1. The van der Waals surface area contributed by atoms with E-state index < -0.39 is 11.7 Å². The quantitative estimate of drug-likeness (QED) is 0.772. The Morgan fingerprint density at radius 1 is 1.07 bits per heavy atom. The van der Waals surface area contributed by atoms with Crippen molar-refractivity contribution in [3.8, 4) is 11.5 Å². The Balaban J connectivity index is 1.96. The van der Waals surface area contributed by atoms with Crippen LogP contribution in [0, 0.1) is 0 Å². The largest absolute Gasteiger partial charge is 0.493 e. The van der Waals surface area contributed by atoms with Gasteiger partial charge in [0.25, 0.3) is 5.91 Å². The molecule has 1 atom stereocenters. The number of carbonyl (C=O) groups excluding carboxylic acids is 1. The number of methoxy groups -OCH3 is 2. The summed E-state index contributed by atoms with van der Waals surface area (Å²) in [6.45, 7) is 0.640. The molecule has 0 heterocycles. The number of amides is 1. The summed E-state index contributed by atoms with van der Waals surface area (Å²) in [6.07, 6.45) is -4.45. The summed E-state index contributed by atoms with van der Waals surface area (Å²) in [5, 5.41) is 2.51. The molecule has 8 heteroatoms. The first-order chi connectivity index (χ1) is 12.7. The summed E-state index contributed by atoms with van der Waals surface area (Å²) in [5.74, 6) is 0.838. The number of halogens is 3. The topological polar surface area (TPSA) is 52.0 Å². The highest BCUT2D eigenvalue weighted by molar-refractivity contribution is 5.91. The second kappa shape index (κ2) is 8.77. The summed E-state index contributed by atoms with van der Waals surface area (Å²) in [7, 11) is 4.91. The second-order valence-corrected chi connectivity index (χ2v) is 6.13. The molecular weight excluding hydrogens is 361 g/mol. The lowest BCUT2D eigenvalue weighted by molar-refractivity contribution is -0.885. The number of rotatable bonds is 7. The van der Waals surface area contributed by atoms with Crippen molar-refractivity contribution in [2.75, 3.05) is 33.1 Å². The van der Waals surface area contributed by atoms with E-state index in [4.69, 9.17) is 9.47 Å². The van der Waals surface area contributed by atoms with Crippen LogP contribution in [-0.2, 0) is 17.5 Å². The zero-order valence-electron chi connectivity index (χ0n) is 15.3. The minimum absolute atomic E-state index is 0.102. The molecule has 1 amide bonds. The fourth-order valence-electron chi connectivity index (χ4n) is 2.65. The van der Waals surface area contributed by atoms with Gasteiger partial charge >= 0.3 is 6.18 Å². The average Bonchev–Trinajstić information content (AvgIpc) is 2.60. The van der Waals surface area contributed by atoms with Crippen LogP contribution in [-0.4, -0.2) is 33.7 Å². The van der Waals surface area contributed by atoms with Crippen molar-refractivity contribution in [3.63, 3.8) is 0 Å². The van der Waals surface area contributed by atoms with Gasteiger partial charge in [0.1, 0.15) is 6.54 Å². The first-order valence-electron chi connectivity index (χ1n) is 8.22. The van der Waals surface area contributed by atoms with Gasteiger partial charge in [0.05, 0.1) is 26.8 Å². The predicted octanol–water partition coefficient (Wildman–Crippen LogP) is 2.38. The number of anilines is 1. The number of carbonyl (C=O) groups is 1. The van der Waals surface area contributed by atoms with E-state index >= 15 is 0 Å². The number of alkyl halides is 3. The van der Waals surface area contributed by atoms with Gasteiger partial charge in [-0.2, -0.15) is 13.2 Å². The van der Waals surface area contributed by atoms with Crippen LogP contribution < -0.4 is 19.7 Å². The van der Waals surface area contributed by atoms with Crippen molar-refractivity contribution in [2.45, 2.75) is 12.7 Å². The average molecular weight is 383 g/mol. The van der Waals surface area contributed by atoms with Crippen molar-refractivity contribution in [3.05, 3.63) is 53.6 Å². The van der Waals surface area contributed by atoms with E-state index in [1.54, 1.807) is 20.3 Å². The summed E-state index contributed by atoms with van der Waals surface area (Å²) in [6, 6.07) is 10.0. The minimum Gasteiger partial charge on any atom is -0.493 e. The maximum absolute atomic E-state index is 12.7. The second-order valence-electron chi connectivity index (χ2n) is 6.13. The molecule has 0 spiro atoms. The molecule has 5 nitrogen and oxygen atoms in total. The third kappa shape index (κ3) is 5.89. The third-order valence-corrected chi connectivity index (χ3v) is 3.89. The van der Waals surface area contributed by atoms with Gasteiger partial charge in [-0.25, -0.2) is 0 Å². The van der Waals surface area contributed by atoms with Gasteiger partial charge in [0, 0.05) is 11.3 Å². The maximum atomic E-state index is 12.7. The Bertz CT molecular complexity index is 794. The minimum atomic E-state index is -4.45. The lowest BCUT2D eigenvalue weighted by Gasteiger charge is -2.16. The van der Waals surface area contributed by atoms with Crippen molar-refractivity contribution >= 4 is 11.6 Å². The number of nitrogens with one attached hydrogen (secondary N) is 2. The van der Waals surface area contributed by atoms with E-state index in [2.05, 4.69) is 5.32 Å². The zero-order chi connectivity index (χ0) is 20.0. The van der Waals surface area contributed by atoms with Gasteiger partial charge in [-0.1, -0.05) is 6.07 Å². The number of hydrogen-bond acceptors (Lipinski definition) is 3. The molecule has 0 bridgehead atoms. The Morgan fingerprint density at radius 3 is 2.41 bits per heavy atom. The van der Waals surface area contributed by atoms with Gasteiger partial charge in [0.15, 0.2) is 18.0 Å². The van der Waals surface area contributed by atoms with Crippen molar-refractivity contribution in [1.82, 2.24) is 0 Å². The molecule has 0 aliphatic rings. The summed E-state index contributed by atoms with van der Waals surface area (Å²) < 4.78 is 48.6. The highest BCUT2D eigenvalue weighted by Crippen LogP contribution is 2.30. The predicted molar refractivity (Wildman–Crippen MR) is 95.1 cm³/mol. The summed E-state index contributed by atoms with van der Waals surface area (Å²) in [4.78, 5) is 13.0. The van der Waals surface area contributed by atoms with Crippen molar-refractivity contribution < 1.29 is 32.3 Å². The van der Waals surface area contributed by atoms with Crippen LogP contribution in [0.4, 0.5) is 18.9 Å². The molecule has 2 aromatic rings. The van der Waals surface area contributed by atoms with E-state index in [0.29, 0.717) is 18.0 Å². The maximum Gasteiger partial charge on any atom is 0.416 e. The fourth-order valence-corrected chi connectivity index (χ4v) is 2.65. The van der Waals surface area contributed by atoms with E-state index in [1.165, 1.54) is 12.1 Å². The lowest BCUT2D eigenvalue weighted by Crippen LogP contribution is -3.08. The Kier molecular flexibility index (Phi) is 6.68. The molecule has 0 aliphatic heterocycles. The van der Waals surface area contributed by atoms with Crippen LogP contribution in [0.3, 0.4) is 0 Å². The molecule has 146 valence electrons. The molecule has 2 N–H and O–H groups in total. The normalized spacial score (nSPS) is 12.4. The molecule has 0 aliphatic carbocycles. The van der Waals surface area contributed by atoms with Gasteiger partial charge in [-0.15, -0.1) is 0 Å². The highest BCUT2D eigenvalue weighted by atomic mass is 19.4. The van der Waals surface area contributed by atoms with E-state index in [1.807, 2.05) is 19.2 Å². The van der Waals surface area contributed by atoms with Gasteiger partial charge in [-0.05, 0) is 36.4 Å². The Labute approximate surface area is 155 Å². The molecule has 0 radical (unpaired) electrons. The molecule has 2 rings (SSSR count). The van der Waals surface area contributed by atoms with Crippen LogP contribution in [0.2, 0.25) is 0 Å². The van der Waals surface area contributed by atoms with Crippen molar-refractivity contribution in [2.24, 2.45) is 0 Å². The molecule has 2 aromatic carbocycles. The SMILES string of the molecule is COc1ccc(C[NH+](C)CC(=O)Nc2cccc(C(F)(F)F)c2)cc1OC. The number of benzene rings is 2. The molecule has 27 heavy (non-hydrogen) atoms. The molecule has 0 saturated heterocycles. The number of ether oxygens (including phenoxy) is 2. The van der Waals surface area contributed by atoms with E-state index in [0.717, 1.165) is 22.6 Å². The summed E-state index contributed by atoms with van der Waals surface area (Å²) >= 11 is 0. The Morgan fingerprint density at radius 2 is 1.78 bits per heavy atom. The molecule has 0 aromatic heterocycles. The van der Waals surface area contributed by atoms with Crippen LogP contribution in [0.25, 0.3) is 0 Å². The summed E-state index contributed by atoms with van der Waals surface area (Å²) in [5.41, 5.74) is 0.261. The van der Waals surface area contributed by atoms with Crippen LogP contribution in [0.5, 0.6) is 11.5 Å².